The van der Waals surface area contributed by atoms with Gasteiger partial charge in [-0.25, -0.2) is 0 Å². The predicted molar refractivity (Wildman–Crippen MR) is 110 cm³/mol. The summed E-state index contributed by atoms with van der Waals surface area (Å²) in [6.07, 6.45) is 6.28. The zero-order valence-electron chi connectivity index (χ0n) is 15.3. The Morgan fingerprint density at radius 1 is 1.12 bits per heavy atom. The highest BCUT2D eigenvalue weighted by Crippen LogP contribution is 2.20. The maximum absolute atomic E-state index is 11.6. The van der Waals surface area contributed by atoms with E-state index in [1.54, 1.807) is 14.1 Å². The number of rotatable bonds is 7. The molecule has 1 saturated carbocycles. The number of guanidine groups is 1. The van der Waals surface area contributed by atoms with Crippen molar-refractivity contribution in [3.8, 4) is 0 Å². The van der Waals surface area contributed by atoms with Crippen molar-refractivity contribution >= 4 is 41.8 Å². The molecule has 1 aliphatic heterocycles. The first kappa shape index (κ1) is 22.0. The van der Waals surface area contributed by atoms with Gasteiger partial charge in [0.05, 0.1) is 0 Å². The smallest absolute Gasteiger partial charge is 0.220 e. The molecule has 7 nitrogen and oxygen atoms in total. The van der Waals surface area contributed by atoms with Crippen LogP contribution in [0.15, 0.2) is 4.99 Å². The minimum atomic E-state index is 0. The fraction of sp³-hybridized carbons (Fsp3) is 0.824. The number of nitrogens with zero attached hydrogens (tertiary/aromatic N) is 2. The van der Waals surface area contributed by atoms with Gasteiger partial charge >= 0.3 is 0 Å². The van der Waals surface area contributed by atoms with Gasteiger partial charge in [-0.3, -0.25) is 14.6 Å². The molecule has 3 N–H and O–H groups in total. The molecule has 1 saturated heterocycles. The molecule has 8 heteroatoms. The minimum absolute atomic E-state index is 0. The number of carbonyl (C=O) groups is 2. The number of piperidine rings is 1. The molecule has 0 spiro atoms. The van der Waals surface area contributed by atoms with Crippen LogP contribution < -0.4 is 16.0 Å². The molecule has 2 aliphatic rings. The molecule has 0 aromatic carbocycles. The summed E-state index contributed by atoms with van der Waals surface area (Å²) in [6.45, 7) is 2.59. The molecular formula is C17H32IN5O2. The second-order valence-electron chi connectivity index (χ2n) is 6.73. The number of halogens is 1. The molecular weight excluding hydrogens is 433 g/mol. The van der Waals surface area contributed by atoms with Gasteiger partial charge in [0.15, 0.2) is 5.96 Å². The van der Waals surface area contributed by atoms with E-state index in [1.807, 2.05) is 0 Å². The average molecular weight is 465 g/mol. The van der Waals surface area contributed by atoms with Gasteiger partial charge in [-0.2, -0.15) is 0 Å². The Kier molecular flexibility index (Phi) is 10.1. The standard InChI is InChI=1S/C17H31N5O2.HI/c1-18-16(24)12-13-7-10-22(11-8-13)17(19-2)20-9-3-4-15(23)21-14-5-6-14;/h13-14H,3-12H2,1-2H3,(H,18,24)(H,19,20)(H,21,23);1H. The summed E-state index contributed by atoms with van der Waals surface area (Å²) in [5.74, 6) is 1.64. The molecule has 25 heavy (non-hydrogen) atoms. The number of aliphatic imine (C=N–C) groups is 1. The van der Waals surface area contributed by atoms with Crippen molar-refractivity contribution in [1.29, 1.82) is 0 Å². The highest BCUT2D eigenvalue weighted by atomic mass is 127. The third-order valence-corrected chi connectivity index (χ3v) is 4.68. The Morgan fingerprint density at radius 2 is 1.80 bits per heavy atom. The summed E-state index contributed by atoms with van der Waals surface area (Å²) >= 11 is 0. The quantitative estimate of drug-likeness (QED) is 0.228. The molecule has 144 valence electrons. The van der Waals surface area contributed by atoms with E-state index >= 15 is 0 Å². The lowest BCUT2D eigenvalue weighted by molar-refractivity contribution is -0.122. The molecule has 2 fully saturated rings. The van der Waals surface area contributed by atoms with Crippen LogP contribution in [0, 0.1) is 5.92 Å². The monoisotopic (exact) mass is 465 g/mol. The number of carbonyl (C=O) groups excluding carboxylic acids is 2. The number of amides is 2. The van der Waals surface area contributed by atoms with Gasteiger partial charge in [0.25, 0.3) is 0 Å². The van der Waals surface area contributed by atoms with Gasteiger partial charge in [0.2, 0.25) is 11.8 Å². The van der Waals surface area contributed by atoms with Crippen molar-refractivity contribution in [3.05, 3.63) is 0 Å². The summed E-state index contributed by atoms with van der Waals surface area (Å²) in [4.78, 5) is 29.7. The summed E-state index contributed by atoms with van der Waals surface area (Å²) in [5, 5.41) is 9.05. The van der Waals surface area contributed by atoms with Gasteiger partial charge in [-0.15, -0.1) is 24.0 Å². The normalized spacial score (nSPS) is 18.3. The van der Waals surface area contributed by atoms with Crippen molar-refractivity contribution in [1.82, 2.24) is 20.9 Å². The Balaban J connectivity index is 0.00000312. The van der Waals surface area contributed by atoms with E-state index in [2.05, 4.69) is 25.8 Å². The average Bonchev–Trinajstić information content (AvgIpc) is 3.39. The molecule has 0 unspecified atom stereocenters. The lowest BCUT2D eigenvalue weighted by Gasteiger charge is -2.34. The third kappa shape index (κ3) is 8.24. The summed E-state index contributed by atoms with van der Waals surface area (Å²) in [5.41, 5.74) is 0. The van der Waals surface area contributed by atoms with Crippen molar-refractivity contribution in [2.24, 2.45) is 10.9 Å². The molecule has 0 aromatic rings. The Morgan fingerprint density at radius 3 is 2.36 bits per heavy atom. The molecule has 0 bridgehead atoms. The number of hydrogen-bond donors (Lipinski definition) is 3. The van der Waals surface area contributed by atoms with Crippen LogP contribution in [0.2, 0.25) is 0 Å². The van der Waals surface area contributed by atoms with Gasteiger partial charge < -0.3 is 20.9 Å². The van der Waals surface area contributed by atoms with Crippen LogP contribution in [0.3, 0.4) is 0 Å². The van der Waals surface area contributed by atoms with E-state index in [-0.39, 0.29) is 35.8 Å². The summed E-state index contributed by atoms with van der Waals surface area (Å²) in [7, 11) is 3.48. The van der Waals surface area contributed by atoms with Gasteiger partial charge in [-0.05, 0) is 38.0 Å². The molecule has 2 rings (SSSR count). The van der Waals surface area contributed by atoms with Crippen LogP contribution in [-0.2, 0) is 9.59 Å². The van der Waals surface area contributed by atoms with Crippen LogP contribution in [-0.4, -0.2) is 62.4 Å². The maximum Gasteiger partial charge on any atom is 0.220 e. The van der Waals surface area contributed by atoms with Gasteiger partial charge in [0, 0.05) is 52.6 Å². The predicted octanol–water partition coefficient (Wildman–Crippen LogP) is 1.09. The first-order valence-corrected chi connectivity index (χ1v) is 9.08. The molecule has 2 amide bonds. The second-order valence-corrected chi connectivity index (χ2v) is 6.73. The Bertz CT molecular complexity index is 460. The first-order valence-electron chi connectivity index (χ1n) is 9.08. The number of nitrogens with one attached hydrogen (secondary N) is 3. The van der Waals surface area contributed by atoms with E-state index in [0.29, 0.717) is 24.8 Å². The second kappa shape index (κ2) is 11.5. The van der Waals surface area contributed by atoms with E-state index in [0.717, 1.165) is 57.7 Å². The van der Waals surface area contributed by atoms with Crippen molar-refractivity contribution in [3.63, 3.8) is 0 Å². The lowest BCUT2D eigenvalue weighted by Crippen LogP contribution is -2.46. The van der Waals surface area contributed by atoms with Crippen molar-refractivity contribution in [2.45, 2.75) is 51.0 Å². The Labute approximate surface area is 167 Å². The number of likely N-dealkylation sites (tertiary alicyclic amines) is 1. The largest absolute Gasteiger partial charge is 0.359 e. The highest BCUT2D eigenvalue weighted by Gasteiger charge is 2.24. The van der Waals surface area contributed by atoms with Crippen LogP contribution in [0.4, 0.5) is 0 Å². The van der Waals surface area contributed by atoms with E-state index in [4.69, 9.17) is 0 Å². The summed E-state index contributed by atoms with van der Waals surface area (Å²) in [6, 6.07) is 0.439. The first-order chi connectivity index (χ1) is 11.6. The van der Waals surface area contributed by atoms with Gasteiger partial charge in [0.1, 0.15) is 0 Å². The zero-order chi connectivity index (χ0) is 17.4. The fourth-order valence-electron chi connectivity index (χ4n) is 3.02. The van der Waals surface area contributed by atoms with E-state index in [9.17, 15) is 9.59 Å². The topological polar surface area (TPSA) is 85.8 Å². The van der Waals surface area contributed by atoms with Crippen LogP contribution in [0.5, 0.6) is 0 Å². The van der Waals surface area contributed by atoms with Gasteiger partial charge in [-0.1, -0.05) is 0 Å². The maximum atomic E-state index is 11.6. The molecule has 0 aromatic heterocycles. The highest BCUT2D eigenvalue weighted by molar-refractivity contribution is 14.0. The molecule has 1 aliphatic carbocycles. The Hall–Kier alpha value is -1.06. The number of hydrogen-bond acceptors (Lipinski definition) is 3. The van der Waals surface area contributed by atoms with E-state index in [1.165, 1.54) is 0 Å². The van der Waals surface area contributed by atoms with E-state index < -0.39 is 0 Å². The molecule has 1 heterocycles. The van der Waals surface area contributed by atoms with Crippen LogP contribution in [0.1, 0.15) is 44.9 Å². The third-order valence-electron chi connectivity index (χ3n) is 4.68. The molecule has 0 atom stereocenters. The lowest BCUT2D eigenvalue weighted by atomic mass is 9.93. The summed E-state index contributed by atoms with van der Waals surface area (Å²) < 4.78 is 0. The van der Waals surface area contributed by atoms with Crippen molar-refractivity contribution in [2.75, 3.05) is 33.7 Å². The fourth-order valence-corrected chi connectivity index (χ4v) is 3.02. The zero-order valence-corrected chi connectivity index (χ0v) is 17.7. The van der Waals surface area contributed by atoms with Crippen molar-refractivity contribution < 1.29 is 9.59 Å². The minimum Gasteiger partial charge on any atom is -0.359 e. The van der Waals surface area contributed by atoms with Crippen LogP contribution in [0.25, 0.3) is 0 Å². The van der Waals surface area contributed by atoms with Crippen LogP contribution >= 0.6 is 24.0 Å². The SMILES string of the molecule is CN=C(NCCCC(=O)NC1CC1)N1CCC(CC(=O)NC)CC1.I. The molecule has 0 radical (unpaired) electrons.